The second-order valence-electron chi connectivity index (χ2n) is 5.73. The summed E-state index contributed by atoms with van der Waals surface area (Å²) in [6, 6.07) is 11.6. The fourth-order valence-electron chi connectivity index (χ4n) is 2.45. The van der Waals surface area contributed by atoms with E-state index in [1.54, 1.807) is 43.5 Å². The molecule has 0 aliphatic heterocycles. The number of hydrazone groups is 1. The normalized spacial score (nSPS) is 10.9. The van der Waals surface area contributed by atoms with Gasteiger partial charge in [0.05, 0.1) is 25.5 Å². The largest absolute Gasteiger partial charge is 0.493 e. The van der Waals surface area contributed by atoms with Crippen LogP contribution in [0.25, 0.3) is 0 Å². The Morgan fingerprint density at radius 1 is 1.04 bits per heavy atom. The van der Waals surface area contributed by atoms with E-state index in [0.717, 1.165) is 11.1 Å². The van der Waals surface area contributed by atoms with Gasteiger partial charge in [0.1, 0.15) is 6.61 Å². The van der Waals surface area contributed by atoms with Gasteiger partial charge in [-0.05, 0) is 42.3 Å². The number of carbonyl (C=O) groups excluding carboxylic acids is 2. The summed E-state index contributed by atoms with van der Waals surface area (Å²) in [5.41, 5.74) is 10.1. The van der Waals surface area contributed by atoms with Gasteiger partial charge in [-0.2, -0.15) is 5.10 Å². The molecule has 0 saturated heterocycles. The molecule has 0 fully saturated rings. The summed E-state index contributed by atoms with van der Waals surface area (Å²) in [5.74, 6) is 0.703. The molecule has 0 atom stereocenters. The van der Waals surface area contributed by atoms with Crippen molar-refractivity contribution in [1.29, 1.82) is 0 Å². The number of nitrogens with one attached hydrogen (secondary N) is 1. The van der Waals surface area contributed by atoms with Gasteiger partial charge in [-0.3, -0.25) is 0 Å². The molecular weight excluding hydrogens is 362 g/mol. The lowest BCUT2D eigenvalue weighted by Gasteiger charge is -2.13. The Morgan fingerprint density at radius 2 is 1.71 bits per heavy atom. The number of carbonyl (C=O) groups is 2. The minimum atomic E-state index is -0.726. The van der Waals surface area contributed by atoms with Crippen LogP contribution in [0.4, 0.5) is 4.79 Å². The third-order valence-electron chi connectivity index (χ3n) is 3.90. The summed E-state index contributed by atoms with van der Waals surface area (Å²) >= 11 is 0. The van der Waals surface area contributed by atoms with E-state index >= 15 is 0 Å². The summed E-state index contributed by atoms with van der Waals surface area (Å²) in [4.78, 5) is 22.3. The summed E-state index contributed by atoms with van der Waals surface area (Å²) < 4.78 is 15.9. The van der Waals surface area contributed by atoms with Crippen LogP contribution in [0.3, 0.4) is 0 Å². The van der Waals surface area contributed by atoms with Crippen molar-refractivity contribution in [2.24, 2.45) is 10.8 Å². The topological polar surface area (TPSA) is 112 Å². The summed E-state index contributed by atoms with van der Waals surface area (Å²) in [5, 5.41) is 4.00. The van der Waals surface area contributed by atoms with Crippen LogP contribution in [-0.2, 0) is 11.3 Å². The van der Waals surface area contributed by atoms with Crippen molar-refractivity contribution in [2.75, 3.05) is 14.2 Å². The number of esters is 1. The Kier molecular flexibility index (Phi) is 7.38. The average Bonchev–Trinajstić information content (AvgIpc) is 2.72. The highest BCUT2D eigenvalue weighted by atomic mass is 16.5. The molecular formula is C20H23N3O5. The minimum absolute atomic E-state index is 0.301. The maximum atomic E-state index is 11.5. The van der Waals surface area contributed by atoms with Gasteiger partial charge in [0.25, 0.3) is 0 Å². The van der Waals surface area contributed by atoms with Crippen LogP contribution in [0, 0.1) is 0 Å². The molecule has 0 aliphatic rings. The number of benzene rings is 2. The Bertz CT molecular complexity index is 863. The molecule has 0 heterocycles. The predicted octanol–water partition coefficient (Wildman–Crippen LogP) is 2.84. The first-order valence-electron chi connectivity index (χ1n) is 8.59. The molecule has 0 saturated carbocycles. The van der Waals surface area contributed by atoms with Crippen LogP contribution in [0.1, 0.15) is 34.8 Å². The van der Waals surface area contributed by atoms with E-state index in [1.807, 2.05) is 13.0 Å². The van der Waals surface area contributed by atoms with Gasteiger partial charge in [-0.15, -0.1) is 0 Å². The lowest BCUT2D eigenvalue weighted by Crippen LogP contribution is -2.25. The fraction of sp³-hybridized carbons (Fsp3) is 0.250. The SMILES string of the molecule is CC/C(=N/NC(N)=O)c1ccc(OCc2ccc(C(=O)OC)cc2)c(OC)c1. The number of primary amides is 1. The van der Waals surface area contributed by atoms with Gasteiger partial charge in [0, 0.05) is 5.56 Å². The molecule has 2 aromatic carbocycles. The van der Waals surface area contributed by atoms with Crippen LogP contribution < -0.4 is 20.6 Å². The first-order valence-corrected chi connectivity index (χ1v) is 8.59. The number of rotatable bonds is 8. The lowest BCUT2D eigenvalue weighted by atomic mass is 10.1. The van der Waals surface area contributed by atoms with E-state index < -0.39 is 6.03 Å². The number of amides is 2. The van der Waals surface area contributed by atoms with Crippen molar-refractivity contribution >= 4 is 17.7 Å². The maximum Gasteiger partial charge on any atom is 0.337 e. The zero-order valence-electron chi connectivity index (χ0n) is 16.0. The average molecular weight is 385 g/mol. The molecule has 2 rings (SSSR count). The van der Waals surface area contributed by atoms with E-state index in [2.05, 4.69) is 15.3 Å². The molecule has 2 amide bonds. The zero-order valence-corrected chi connectivity index (χ0v) is 16.0. The molecule has 0 radical (unpaired) electrons. The van der Waals surface area contributed by atoms with Crippen molar-refractivity contribution < 1.29 is 23.8 Å². The van der Waals surface area contributed by atoms with Gasteiger partial charge in [0.2, 0.25) is 0 Å². The predicted molar refractivity (Wildman–Crippen MR) is 105 cm³/mol. The van der Waals surface area contributed by atoms with Crippen molar-refractivity contribution in [2.45, 2.75) is 20.0 Å². The fourth-order valence-corrected chi connectivity index (χ4v) is 2.45. The molecule has 148 valence electrons. The molecule has 0 aromatic heterocycles. The quantitative estimate of drug-likeness (QED) is 0.412. The second kappa shape index (κ2) is 9.96. The number of nitrogens with two attached hydrogens (primary N) is 1. The highest BCUT2D eigenvalue weighted by Gasteiger charge is 2.10. The smallest absolute Gasteiger partial charge is 0.337 e. The Hall–Kier alpha value is -3.55. The first kappa shape index (κ1) is 20.8. The maximum absolute atomic E-state index is 11.5. The summed E-state index contributed by atoms with van der Waals surface area (Å²) in [7, 11) is 2.88. The third-order valence-corrected chi connectivity index (χ3v) is 3.90. The van der Waals surface area contributed by atoms with Crippen LogP contribution in [-0.4, -0.2) is 31.9 Å². The highest BCUT2D eigenvalue weighted by Crippen LogP contribution is 2.29. The molecule has 8 nitrogen and oxygen atoms in total. The first-order chi connectivity index (χ1) is 13.5. The number of methoxy groups -OCH3 is 2. The molecule has 2 aromatic rings. The molecule has 0 aliphatic carbocycles. The zero-order chi connectivity index (χ0) is 20.5. The molecule has 0 bridgehead atoms. The summed E-state index contributed by atoms with van der Waals surface area (Å²) in [6.45, 7) is 2.21. The van der Waals surface area contributed by atoms with Crippen LogP contribution in [0.5, 0.6) is 11.5 Å². The second-order valence-corrected chi connectivity index (χ2v) is 5.73. The van der Waals surface area contributed by atoms with Crippen molar-refractivity contribution in [3.63, 3.8) is 0 Å². The van der Waals surface area contributed by atoms with E-state index in [4.69, 9.17) is 15.2 Å². The van der Waals surface area contributed by atoms with Gasteiger partial charge in [0.15, 0.2) is 11.5 Å². The van der Waals surface area contributed by atoms with E-state index in [0.29, 0.717) is 35.8 Å². The molecule has 8 heteroatoms. The molecule has 0 spiro atoms. The molecule has 28 heavy (non-hydrogen) atoms. The summed E-state index contributed by atoms with van der Waals surface area (Å²) in [6.07, 6.45) is 0.593. The Labute approximate surface area is 163 Å². The number of hydrogen-bond donors (Lipinski definition) is 2. The van der Waals surface area contributed by atoms with E-state index in [1.165, 1.54) is 7.11 Å². The van der Waals surface area contributed by atoms with Gasteiger partial charge in [-0.1, -0.05) is 19.1 Å². The highest BCUT2D eigenvalue weighted by molar-refractivity contribution is 6.01. The number of hydrogen-bond acceptors (Lipinski definition) is 6. The van der Waals surface area contributed by atoms with Crippen LogP contribution in [0.2, 0.25) is 0 Å². The van der Waals surface area contributed by atoms with Crippen molar-refractivity contribution in [1.82, 2.24) is 5.43 Å². The number of ether oxygens (including phenoxy) is 3. The van der Waals surface area contributed by atoms with Crippen LogP contribution in [0.15, 0.2) is 47.6 Å². The Balaban J connectivity index is 2.12. The van der Waals surface area contributed by atoms with E-state index in [9.17, 15) is 9.59 Å². The van der Waals surface area contributed by atoms with Gasteiger partial charge < -0.3 is 19.9 Å². The van der Waals surface area contributed by atoms with Crippen LogP contribution >= 0.6 is 0 Å². The lowest BCUT2D eigenvalue weighted by molar-refractivity contribution is 0.0600. The van der Waals surface area contributed by atoms with Gasteiger partial charge in [-0.25, -0.2) is 15.0 Å². The third kappa shape index (κ3) is 5.47. The Morgan fingerprint density at radius 3 is 2.29 bits per heavy atom. The standard InChI is InChI=1S/C20H23N3O5/c1-4-16(22-23-20(21)25)15-9-10-17(18(11-15)26-2)28-12-13-5-7-14(8-6-13)19(24)27-3/h5-11H,4,12H2,1-3H3,(H3,21,23,25)/b22-16-. The molecule has 3 N–H and O–H groups in total. The van der Waals surface area contributed by atoms with Gasteiger partial charge >= 0.3 is 12.0 Å². The number of nitrogens with zero attached hydrogens (tertiary/aromatic N) is 1. The van der Waals surface area contributed by atoms with E-state index in [-0.39, 0.29) is 5.97 Å². The molecule has 0 unspecified atom stereocenters. The van der Waals surface area contributed by atoms with Crippen molar-refractivity contribution in [3.8, 4) is 11.5 Å². The number of urea groups is 1. The monoisotopic (exact) mass is 385 g/mol. The minimum Gasteiger partial charge on any atom is -0.493 e. The van der Waals surface area contributed by atoms with Crippen molar-refractivity contribution in [3.05, 3.63) is 59.2 Å².